The molecule has 0 aliphatic heterocycles. The molecule has 0 saturated heterocycles. The lowest BCUT2D eigenvalue weighted by Crippen LogP contribution is -2.13. The molecule has 0 aliphatic carbocycles. The van der Waals surface area contributed by atoms with Gasteiger partial charge in [-0.05, 0) is 49.4 Å². The van der Waals surface area contributed by atoms with Gasteiger partial charge in [-0.2, -0.15) is 5.26 Å². The van der Waals surface area contributed by atoms with Gasteiger partial charge in [0.05, 0.1) is 16.7 Å². The lowest BCUT2D eigenvalue weighted by atomic mass is 10.1. The van der Waals surface area contributed by atoms with Gasteiger partial charge in [-0.3, -0.25) is 4.79 Å². The first kappa shape index (κ1) is 19.1. The number of nitriles is 1. The Bertz CT molecular complexity index is 873. The number of anilines is 1. The summed E-state index contributed by atoms with van der Waals surface area (Å²) in [6, 6.07) is 11.5. The molecular formula is C18H13Cl3N2O2. The number of nitrogens with zero attached hydrogens (tertiary/aromatic N) is 1. The van der Waals surface area contributed by atoms with Crippen LogP contribution >= 0.6 is 34.8 Å². The molecule has 2 rings (SSSR count). The van der Waals surface area contributed by atoms with Gasteiger partial charge in [-0.25, -0.2) is 0 Å². The molecule has 128 valence electrons. The van der Waals surface area contributed by atoms with Crippen LogP contribution in [0.3, 0.4) is 0 Å². The van der Waals surface area contributed by atoms with Crippen LogP contribution in [0.1, 0.15) is 12.5 Å². The molecule has 0 aliphatic rings. The van der Waals surface area contributed by atoms with Crippen molar-refractivity contribution >= 4 is 52.5 Å². The smallest absolute Gasteiger partial charge is 0.266 e. The molecule has 0 heterocycles. The van der Waals surface area contributed by atoms with E-state index in [4.69, 9.17) is 39.5 Å². The Morgan fingerprint density at radius 3 is 2.60 bits per heavy atom. The summed E-state index contributed by atoms with van der Waals surface area (Å²) in [5.74, 6) is -0.0506. The van der Waals surface area contributed by atoms with Crippen LogP contribution in [0.4, 0.5) is 5.69 Å². The van der Waals surface area contributed by atoms with Crippen molar-refractivity contribution in [2.45, 2.75) is 6.92 Å². The molecular weight excluding hydrogens is 383 g/mol. The number of rotatable bonds is 5. The first-order chi connectivity index (χ1) is 11.9. The van der Waals surface area contributed by atoms with E-state index >= 15 is 0 Å². The van der Waals surface area contributed by atoms with Gasteiger partial charge in [0, 0.05) is 16.3 Å². The van der Waals surface area contributed by atoms with E-state index in [0.717, 1.165) is 0 Å². The van der Waals surface area contributed by atoms with Crippen LogP contribution in [-0.2, 0) is 4.79 Å². The minimum absolute atomic E-state index is 0.103. The van der Waals surface area contributed by atoms with Crippen molar-refractivity contribution in [1.29, 1.82) is 5.26 Å². The number of carbonyl (C=O) groups is 1. The number of carbonyl (C=O) groups excluding carboxylic acids is 1. The van der Waals surface area contributed by atoms with E-state index in [0.29, 0.717) is 38.7 Å². The highest BCUT2D eigenvalue weighted by Crippen LogP contribution is 2.27. The molecule has 2 aromatic carbocycles. The summed E-state index contributed by atoms with van der Waals surface area (Å²) >= 11 is 17.8. The minimum Gasteiger partial charge on any atom is -0.493 e. The van der Waals surface area contributed by atoms with Crippen LogP contribution in [0.5, 0.6) is 5.75 Å². The van der Waals surface area contributed by atoms with Gasteiger partial charge in [0.25, 0.3) is 5.91 Å². The molecule has 0 fully saturated rings. The summed E-state index contributed by atoms with van der Waals surface area (Å²) in [7, 11) is 0. The Balaban J connectivity index is 2.31. The molecule has 0 atom stereocenters. The van der Waals surface area contributed by atoms with Crippen LogP contribution < -0.4 is 10.1 Å². The van der Waals surface area contributed by atoms with Crippen molar-refractivity contribution < 1.29 is 9.53 Å². The Hall–Kier alpha value is -2.19. The van der Waals surface area contributed by atoms with E-state index < -0.39 is 5.91 Å². The van der Waals surface area contributed by atoms with E-state index in [9.17, 15) is 10.1 Å². The average Bonchev–Trinajstić information content (AvgIpc) is 2.58. The summed E-state index contributed by atoms with van der Waals surface area (Å²) < 4.78 is 5.49. The number of amides is 1. The Morgan fingerprint density at radius 2 is 1.96 bits per heavy atom. The van der Waals surface area contributed by atoms with Gasteiger partial charge in [0.2, 0.25) is 0 Å². The quantitative estimate of drug-likeness (QED) is 0.530. The maximum atomic E-state index is 12.3. The third-order valence-corrected chi connectivity index (χ3v) is 4.09. The first-order valence-corrected chi connectivity index (χ1v) is 8.38. The lowest BCUT2D eigenvalue weighted by molar-refractivity contribution is -0.112. The monoisotopic (exact) mass is 394 g/mol. The van der Waals surface area contributed by atoms with Crippen molar-refractivity contribution in [3.05, 3.63) is 62.6 Å². The fourth-order valence-corrected chi connectivity index (χ4v) is 2.47. The predicted octanol–water partition coefficient (Wildman–Crippen LogP) is 5.59. The van der Waals surface area contributed by atoms with Gasteiger partial charge < -0.3 is 10.1 Å². The molecule has 1 amide bonds. The Kier molecular flexibility index (Phi) is 6.72. The number of hydrogen-bond acceptors (Lipinski definition) is 3. The van der Waals surface area contributed by atoms with Crippen molar-refractivity contribution in [2.24, 2.45) is 0 Å². The van der Waals surface area contributed by atoms with Crippen LogP contribution in [0.2, 0.25) is 15.1 Å². The van der Waals surface area contributed by atoms with E-state index in [2.05, 4.69) is 5.32 Å². The van der Waals surface area contributed by atoms with Crippen LogP contribution in [0.25, 0.3) is 6.08 Å². The largest absolute Gasteiger partial charge is 0.493 e. The fourth-order valence-electron chi connectivity index (χ4n) is 2.00. The molecule has 0 aromatic heterocycles. The summed E-state index contributed by atoms with van der Waals surface area (Å²) in [6.45, 7) is 2.28. The van der Waals surface area contributed by atoms with E-state index in [1.54, 1.807) is 30.3 Å². The molecule has 4 nitrogen and oxygen atoms in total. The highest BCUT2D eigenvalue weighted by Gasteiger charge is 2.12. The SMILES string of the molecule is CCOc1ccc(Cl)cc1/C=C(\C#N)C(=O)Nc1ccc(Cl)c(Cl)c1. The second-order valence-corrected chi connectivity index (χ2v) is 6.12. The van der Waals surface area contributed by atoms with Gasteiger partial charge in [-0.15, -0.1) is 0 Å². The average molecular weight is 396 g/mol. The first-order valence-electron chi connectivity index (χ1n) is 7.25. The number of benzene rings is 2. The Morgan fingerprint density at radius 1 is 1.20 bits per heavy atom. The van der Waals surface area contributed by atoms with E-state index in [1.807, 2.05) is 13.0 Å². The fraction of sp³-hybridized carbons (Fsp3) is 0.111. The molecule has 0 bridgehead atoms. The lowest BCUT2D eigenvalue weighted by Gasteiger charge is -2.09. The van der Waals surface area contributed by atoms with Crippen molar-refractivity contribution in [2.75, 3.05) is 11.9 Å². The topological polar surface area (TPSA) is 62.1 Å². The third-order valence-electron chi connectivity index (χ3n) is 3.11. The number of ether oxygens (including phenoxy) is 1. The van der Waals surface area contributed by atoms with Gasteiger partial charge in [0.1, 0.15) is 17.4 Å². The maximum Gasteiger partial charge on any atom is 0.266 e. The van der Waals surface area contributed by atoms with Gasteiger partial charge >= 0.3 is 0 Å². The maximum absolute atomic E-state index is 12.3. The molecule has 2 aromatic rings. The molecule has 0 unspecified atom stereocenters. The normalized spacial score (nSPS) is 10.9. The van der Waals surface area contributed by atoms with Crippen LogP contribution in [0, 0.1) is 11.3 Å². The van der Waals surface area contributed by atoms with E-state index in [-0.39, 0.29) is 5.57 Å². The zero-order chi connectivity index (χ0) is 18.4. The third kappa shape index (κ3) is 5.14. The standard InChI is InChI=1S/C18H13Cl3N2O2/c1-2-25-17-6-3-13(19)8-11(17)7-12(10-22)18(24)23-14-4-5-15(20)16(21)9-14/h3-9H,2H2,1H3,(H,23,24)/b12-7+. The number of nitrogens with one attached hydrogen (secondary N) is 1. The minimum atomic E-state index is -0.580. The summed E-state index contributed by atoms with van der Waals surface area (Å²) in [5.41, 5.74) is 0.862. The zero-order valence-corrected chi connectivity index (χ0v) is 15.4. The second kappa shape index (κ2) is 8.77. The zero-order valence-electron chi connectivity index (χ0n) is 13.1. The Labute approximate surface area is 160 Å². The van der Waals surface area contributed by atoms with E-state index in [1.165, 1.54) is 12.1 Å². The highest BCUT2D eigenvalue weighted by molar-refractivity contribution is 6.42. The predicted molar refractivity (Wildman–Crippen MR) is 101 cm³/mol. The van der Waals surface area contributed by atoms with Crippen LogP contribution in [-0.4, -0.2) is 12.5 Å². The van der Waals surface area contributed by atoms with Crippen molar-refractivity contribution in [1.82, 2.24) is 0 Å². The molecule has 7 heteroatoms. The van der Waals surface area contributed by atoms with Crippen molar-refractivity contribution in [3.63, 3.8) is 0 Å². The molecule has 0 radical (unpaired) electrons. The number of halogens is 3. The number of hydrogen-bond donors (Lipinski definition) is 1. The van der Waals surface area contributed by atoms with Crippen LogP contribution in [0.15, 0.2) is 42.0 Å². The highest BCUT2D eigenvalue weighted by atomic mass is 35.5. The molecule has 0 spiro atoms. The van der Waals surface area contributed by atoms with Gasteiger partial charge in [0.15, 0.2) is 0 Å². The second-order valence-electron chi connectivity index (χ2n) is 4.87. The molecule has 25 heavy (non-hydrogen) atoms. The molecule has 1 N–H and O–H groups in total. The summed E-state index contributed by atoms with van der Waals surface area (Å²) in [5, 5.41) is 13.1. The summed E-state index contributed by atoms with van der Waals surface area (Å²) in [4.78, 5) is 12.3. The summed E-state index contributed by atoms with van der Waals surface area (Å²) in [6.07, 6.45) is 1.42. The molecule has 0 saturated carbocycles. The van der Waals surface area contributed by atoms with Crippen molar-refractivity contribution in [3.8, 4) is 11.8 Å². The van der Waals surface area contributed by atoms with Gasteiger partial charge in [-0.1, -0.05) is 34.8 Å².